The fourth-order valence-corrected chi connectivity index (χ4v) is 3.68. The van der Waals surface area contributed by atoms with Crippen LogP contribution in [0.25, 0.3) is 0 Å². The van der Waals surface area contributed by atoms with E-state index < -0.39 is 0 Å². The van der Waals surface area contributed by atoms with E-state index in [9.17, 15) is 0 Å². The predicted octanol–water partition coefficient (Wildman–Crippen LogP) is 3.06. The first kappa shape index (κ1) is 10.6. The molecule has 2 nitrogen and oxygen atoms in total. The van der Waals surface area contributed by atoms with E-state index in [1.54, 1.807) is 11.3 Å². The van der Waals surface area contributed by atoms with E-state index in [1.165, 1.54) is 22.2 Å². The van der Waals surface area contributed by atoms with Gasteiger partial charge in [0.1, 0.15) is 0 Å². The number of rotatable bonds is 4. The fraction of sp³-hybridized carbons (Fsp3) is 0.600. The molecule has 1 aliphatic carbocycles. The first-order valence-electron chi connectivity index (χ1n) is 4.93. The van der Waals surface area contributed by atoms with Crippen molar-refractivity contribution in [3.8, 4) is 0 Å². The molecule has 3 N–H and O–H groups in total. The van der Waals surface area contributed by atoms with Gasteiger partial charge in [-0.2, -0.15) is 0 Å². The average Bonchev–Trinajstić information content (AvgIpc) is 2.94. The minimum absolute atomic E-state index is 0.303. The first-order valence-corrected chi connectivity index (χ1v) is 6.60. The molecular formula is C10H15BrN2S. The van der Waals surface area contributed by atoms with Gasteiger partial charge in [0.15, 0.2) is 0 Å². The van der Waals surface area contributed by atoms with E-state index in [2.05, 4.69) is 39.7 Å². The Labute approximate surface area is 97.0 Å². The highest BCUT2D eigenvalue weighted by atomic mass is 79.9. The van der Waals surface area contributed by atoms with Gasteiger partial charge >= 0.3 is 0 Å². The maximum atomic E-state index is 5.64. The monoisotopic (exact) mass is 274 g/mol. The Balaban J connectivity index is 2.16. The van der Waals surface area contributed by atoms with Crippen LogP contribution in [-0.2, 0) is 0 Å². The van der Waals surface area contributed by atoms with Crippen LogP contribution < -0.4 is 11.3 Å². The molecule has 1 saturated carbocycles. The van der Waals surface area contributed by atoms with Crippen molar-refractivity contribution in [2.45, 2.75) is 25.8 Å². The van der Waals surface area contributed by atoms with Crippen LogP contribution in [0.1, 0.15) is 30.7 Å². The second-order valence-corrected chi connectivity index (χ2v) is 5.78. The lowest BCUT2D eigenvalue weighted by Gasteiger charge is -2.22. The van der Waals surface area contributed by atoms with Crippen LogP contribution in [-0.4, -0.2) is 0 Å². The molecule has 0 spiro atoms. The molecule has 2 rings (SSSR count). The summed E-state index contributed by atoms with van der Waals surface area (Å²) in [5.74, 6) is 7.14. The van der Waals surface area contributed by atoms with Crippen molar-refractivity contribution in [1.82, 2.24) is 5.43 Å². The summed E-state index contributed by atoms with van der Waals surface area (Å²) < 4.78 is 1.18. The van der Waals surface area contributed by atoms with E-state index in [4.69, 9.17) is 5.84 Å². The molecule has 4 heteroatoms. The lowest BCUT2D eigenvalue weighted by Crippen LogP contribution is -2.33. The summed E-state index contributed by atoms with van der Waals surface area (Å²) in [5, 5.41) is 2.10. The Morgan fingerprint density at radius 1 is 1.64 bits per heavy atom. The van der Waals surface area contributed by atoms with Gasteiger partial charge in [-0.25, -0.2) is 0 Å². The van der Waals surface area contributed by atoms with Gasteiger partial charge < -0.3 is 0 Å². The van der Waals surface area contributed by atoms with Crippen LogP contribution in [0.3, 0.4) is 0 Å². The highest BCUT2D eigenvalue weighted by molar-refractivity contribution is 9.10. The largest absolute Gasteiger partial charge is 0.271 e. The van der Waals surface area contributed by atoms with Gasteiger partial charge in [-0.05, 0) is 52.1 Å². The van der Waals surface area contributed by atoms with Crippen LogP contribution in [0, 0.1) is 11.8 Å². The number of hydrogen-bond donors (Lipinski definition) is 2. The number of thiophene rings is 1. The zero-order chi connectivity index (χ0) is 10.1. The van der Waals surface area contributed by atoms with Gasteiger partial charge in [0.25, 0.3) is 0 Å². The summed E-state index contributed by atoms with van der Waals surface area (Å²) >= 11 is 5.33. The summed E-state index contributed by atoms with van der Waals surface area (Å²) in [5.41, 5.74) is 2.95. The van der Waals surface area contributed by atoms with E-state index in [0.717, 1.165) is 5.92 Å². The third-order valence-electron chi connectivity index (χ3n) is 3.00. The molecule has 1 fully saturated rings. The van der Waals surface area contributed by atoms with Crippen LogP contribution in [0.15, 0.2) is 15.9 Å². The van der Waals surface area contributed by atoms with Crippen LogP contribution in [0.2, 0.25) is 0 Å². The minimum Gasteiger partial charge on any atom is -0.271 e. The number of nitrogens with two attached hydrogens (primary N) is 1. The van der Waals surface area contributed by atoms with Crippen molar-refractivity contribution in [2.75, 3.05) is 0 Å². The second kappa shape index (κ2) is 4.31. The van der Waals surface area contributed by atoms with Crippen molar-refractivity contribution < 1.29 is 0 Å². The standard InChI is InChI=1S/C10H15BrN2S/c1-6(7-2-3-7)9(13-12)10-8(11)4-5-14-10/h4-7,9,13H,2-3,12H2,1H3. The molecule has 2 atom stereocenters. The van der Waals surface area contributed by atoms with Crippen molar-refractivity contribution in [1.29, 1.82) is 0 Å². The predicted molar refractivity (Wildman–Crippen MR) is 64.0 cm³/mol. The topological polar surface area (TPSA) is 38.0 Å². The molecule has 1 aliphatic rings. The maximum Gasteiger partial charge on any atom is 0.0592 e. The van der Waals surface area contributed by atoms with Gasteiger partial charge in [-0.15, -0.1) is 11.3 Å². The van der Waals surface area contributed by atoms with Gasteiger partial charge in [0, 0.05) is 9.35 Å². The third kappa shape index (κ3) is 2.03. The quantitative estimate of drug-likeness (QED) is 0.654. The van der Waals surface area contributed by atoms with Crippen molar-refractivity contribution in [3.05, 3.63) is 20.8 Å². The molecule has 0 aliphatic heterocycles. The second-order valence-electron chi connectivity index (χ2n) is 3.97. The van der Waals surface area contributed by atoms with Crippen LogP contribution in [0.4, 0.5) is 0 Å². The van der Waals surface area contributed by atoms with Gasteiger partial charge in [-0.1, -0.05) is 6.92 Å². The molecule has 0 amide bonds. The highest BCUT2D eigenvalue weighted by Crippen LogP contribution is 2.44. The molecule has 0 aromatic carbocycles. The van der Waals surface area contributed by atoms with Gasteiger partial charge in [0.05, 0.1) is 6.04 Å². The van der Waals surface area contributed by atoms with E-state index in [-0.39, 0.29) is 0 Å². The molecule has 0 bridgehead atoms. The van der Waals surface area contributed by atoms with Crippen molar-refractivity contribution in [2.24, 2.45) is 17.7 Å². The number of hydrogen-bond acceptors (Lipinski definition) is 3. The Morgan fingerprint density at radius 2 is 2.36 bits per heavy atom. The van der Waals surface area contributed by atoms with E-state index in [1.807, 2.05) is 0 Å². The zero-order valence-electron chi connectivity index (χ0n) is 8.16. The van der Waals surface area contributed by atoms with E-state index >= 15 is 0 Å². The Morgan fingerprint density at radius 3 is 2.79 bits per heavy atom. The number of halogens is 1. The lowest BCUT2D eigenvalue weighted by atomic mass is 9.96. The van der Waals surface area contributed by atoms with Gasteiger partial charge in [0.2, 0.25) is 0 Å². The summed E-state index contributed by atoms with van der Waals surface area (Å²) in [7, 11) is 0. The fourth-order valence-electron chi connectivity index (χ4n) is 1.89. The highest BCUT2D eigenvalue weighted by Gasteiger charge is 2.34. The maximum absolute atomic E-state index is 5.64. The molecular weight excluding hydrogens is 260 g/mol. The normalized spacial score (nSPS) is 20.8. The van der Waals surface area contributed by atoms with Crippen molar-refractivity contribution >= 4 is 27.3 Å². The zero-order valence-corrected chi connectivity index (χ0v) is 10.6. The summed E-state index contributed by atoms with van der Waals surface area (Å²) in [6, 6.07) is 2.39. The Hall–Kier alpha value is 0.100. The average molecular weight is 275 g/mol. The van der Waals surface area contributed by atoms with Crippen LogP contribution in [0.5, 0.6) is 0 Å². The Kier molecular flexibility index (Phi) is 3.27. The van der Waals surface area contributed by atoms with E-state index in [0.29, 0.717) is 12.0 Å². The van der Waals surface area contributed by atoms with Crippen LogP contribution >= 0.6 is 27.3 Å². The molecule has 0 radical (unpaired) electrons. The molecule has 1 aromatic rings. The smallest absolute Gasteiger partial charge is 0.0592 e. The lowest BCUT2D eigenvalue weighted by molar-refractivity contribution is 0.358. The number of hydrazine groups is 1. The molecule has 2 unspecified atom stereocenters. The van der Waals surface area contributed by atoms with Crippen molar-refractivity contribution in [3.63, 3.8) is 0 Å². The van der Waals surface area contributed by atoms with Gasteiger partial charge in [-0.3, -0.25) is 11.3 Å². The summed E-state index contributed by atoms with van der Waals surface area (Å²) in [6.07, 6.45) is 2.73. The first-order chi connectivity index (χ1) is 6.74. The minimum atomic E-state index is 0.303. The molecule has 78 valence electrons. The Bertz CT molecular complexity index is 309. The summed E-state index contributed by atoms with van der Waals surface area (Å²) in [6.45, 7) is 2.29. The number of nitrogens with one attached hydrogen (secondary N) is 1. The molecule has 1 heterocycles. The molecule has 1 aromatic heterocycles. The summed E-state index contributed by atoms with van der Waals surface area (Å²) in [4.78, 5) is 1.33. The third-order valence-corrected chi connectivity index (χ3v) is 4.95. The molecule has 14 heavy (non-hydrogen) atoms. The SMILES string of the molecule is CC(C1CC1)C(NN)c1sccc1Br. The molecule has 0 saturated heterocycles.